The van der Waals surface area contributed by atoms with E-state index in [1.165, 1.54) is 0 Å². The number of nitrogens with two attached hydrogens (primary N) is 2. The quantitative estimate of drug-likeness (QED) is 0.0824. The third kappa shape index (κ3) is 15.7. The van der Waals surface area contributed by atoms with Gasteiger partial charge < -0.3 is 32.7 Å². The topological polar surface area (TPSA) is 227 Å². The fourth-order valence-corrected chi connectivity index (χ4v) is 5.80. The predicted octanol–water partition coefficient (Wildman–Crippen LogP) is 1.62. The van der Waals surface area contributed by atoms with E-state index in [1.54, 1.807) is 27.7 Å². The van der Waals surface area contributed by atoms with Crippen LogP contribution >= 0.6 is 0 Å². The van der Waals surface area contributed by atoms with Gasteiger partial charge in [-0.1, -0.05) is 116 Å². The van der Waals surface area contributed by atoms with Crippen LogP contribution in [0.1, 0.15) is 79.4 Å². The lowest BCUT2D eigenvalue weighted by molar-refractivity contribution is -0.134. The minimum absolute atomic E-state index is 0.00103. The van der Waals surface area contributed by atoms with Crippen molar-refractivity contribution in [3.05, 3.63) is 71.8 Å². The van der Waals surface area contributed by atoms with Crippen molar-refractivity contribution in [1.29, 1.82) is 0 Å². The van der Waals surface area contributed by atoms with Crippen LogP contribution in [0.25, 0.3) is 0 Å². The lowest BCUT2D eigenvalue weighted by atomic mass is 9.99. The predicted molar refractivity (Wildman–Crippen MR) is 209 cm³/mol. The zero-order valence-electron chi connectivity index (χ0n) is 33.0. The first-order chi connectivity index (χ1) is 25.4. The van der Waals surface area contributed by atoms with Crippen LogP contribution in [0, 0.1) is 23.7 Å². The van der Waals surface area contributed by atoms with E-state index in [1.807, 2.05) is 88.4 Å². The van der Waals surface area contributed by atoms with E-state index in [9.17, 15) is 28.8 Å². The first-order valence-electron chi connectivity index (χ1n) is 18.8. The van der Waals surface area contributed by atoms with Gasteiger partial charge in [-0.3, -0.25) is 34.2 Å². The average molecular weight is 751 g/mol. The Hall–Kier alpha value is -4.82. The number of hydrogen-bond acceptors (Lipinski definition) is 8. The van der Waals surface area contributed by atoms with Crippen LogP contribution in [-0.4, -0.2) is 71.7 Å². The van der Waals surface area contributed by atoms with Gasteiger partial charge in [0.05, 0.1) is 6.04 Å². The van der Waals surface area contributed by atoms with E-state index in [0.29, 0.717) is 6.42 Å². The molecule has 0 saturated heterocycles. The number of nitrogens with one attached hydrogen (secondary N) is 6. The van der Waals surface area contributed by atoms with Crippen LogP contribution in [-0.2, 0) is 41.6 Å². The highest BCUT2D eigenvalue weighted by molar-refractivity contribution is 5.94. The SMILES string of the molecule is CC(C)C[C@@H](N)C(=O)N[C@@H](C(=O)N[C@H](Cc1ccccc1)C(=O)NN[C@H](CC(C)C)C(=O)N[C@@H](C(=O)N[C@H](Cc1ccccc1)C(N)=O)C(C)C)C(C)C. The number of benzene rings is 2. The van der Waals surface area contributed by atoms with E-state index in [2.05, 4.69) is 32.1 Å². The molecule has 0 unspecified atom stereocenters. The summed E-state index contributed by atoms with van der Waals surface area (Å²) in [6.45, 7) is 14.8. The molecule has 0 aliphatic rings. The molecule has 0 aromatic heterocycles. The third-order valence-electron chi connectivity index (χ3n) is 8.81. The highest BCUT2D eigenvalue weighted by Gasteiger charge is 2.33. The van der Waals surface area contributed by atoms with E-state index < -0.39 is 71.7 Å². The number of rotatable bonds is 22. The van der Waals surface area contributed by atoms with Crippen LogP contribution in [0.4, 0.5) is 0 Å². The molecule has 0 aliphatic heterocycles. The fourth-order valence-electron chi connectivity index (χ4n) is 5.80. The minimum Gasteiger partial charge on any atom is -0.368 e. The number of primary amides is 1. The molecular formula is C40H62N8O6. The first-order valence-corrected chi connectivity index (χ1v) is 18.8. The van der Waals surface area contributed by atoms with Crippen LogP contribution in [0.15, 0.2) is 60.7 Å². The number of carbonyl (C=O) groups excluding carboxylic acids is 6. The summed E-state index contributed by atoms with van der Waals surface area (Å²) in [5.74, 6) is -3.99. The Morgan fingerprint density at radius 2 is 0.944 bits per heavy atom. The Morgan fingerprint density at radius 3 is 1.37 bits per heavy atom. The highest BCUT2D eigenvalue weighted by Crippen LogP contribution is 2.11. The van der Waals surface area contributed by atoms with Crippen molar-refractivity contribution in [2.45, 2.75) is 117 Å². The van der Waals surface area contributed by atoms with Crippen molar-refractivity contribution in [2.75, 3.05) is 0 Å². The van der Waals surface area contributed by atoms with Crippen molar-refractivity contribution in [2.24, 2.45) is 35.1 Å². The number of amides is 6. The summed E-state index contributed by atoms with van der Waals surface area (Å²) in [5, 5.41) is 11.0. The van der Waals surface area contributed by atoms with E-state index in [-0.39, 0.29) is 42.9 Å². The third-order valence-corrected chi connectivity index (χ3v) is 8.81. The zero-order chi connectivity index (χ0) is 40.5. The Balaban J connectivity index is 2.23. The Kier molecular flexibility index (Phi) is 18.8. The summed E-state index contributed by atoms with van der Waals surface area (Å²) in [6.07, 6.45) is 1.02. The van der Waals surface area contributed by atoms with Gasteiger partial charge in [0, 0.05) is 12.8 Å². The molecule has 2 rings (SSSR count). The summed E-state index contributed by atoms with van der Waals surface area (Å²) in [7, 11) is 0. The zero-order valence-corrected chi connectivity index (χ0v) is 33.0. The maximum absolute atomic E-state index is 13.8. The molecule has 0 bridgehead atoms. The second-order valence-corrected chi connectivity index (χ2v) is 15.4. The van der Waals surface area contributed by atoms with Crippen LogP contribution in [0.3, 0.4) is 0 Å². The van der Waals surface area contributed by atoms with Gasteiger partial charge in [0.2, 0.25) is 29.5 Å². The van der Waals surface area contributed by atoms with Crippen molar-refractivity contribution in [3.63, 3.8) is 0 Å². The molecule has 298 valence electrons. The lowest BCUT2D eigenvalue weighted by Gasteiger charge is -2.29. The van der Waals surface area contributed by atoms with Crippen LogP contribution < -0.4 is 43.6 Å². The molecule has 2 aromatic carbocycles. The second kappa shape index (κ2) is 22.4. The summed E-state index contributed by atoms with van der Waals surface area (Å²) in [4.78, 5) is 79.7. The molecule has 0 radical (unpaired) electrons. The molecule has 6 amide bonds. The molecule has 2 aromatic rings. The summed E-state index contributed by atoms with van der Waals surface area (Å²) in [5.41, 5.74) is 18.7. The maximum atomic E-state index is 13.8. The van der Waals surface area contributed by atoms with Gasteiger partial charge in [-0.25, -0.2) is 5.43 Å². The van der Waals surface area contributed by atoms with Crippen molar-refractivity contribution in [3.8, 4) is 0 Å². The van der Waals surface area contributed by atoms with Crippen molar-refractivity contribution >= 4 is 35.4 Å². The van der Waals surface area contributed by atoms with Gasteiger partial charge in [0.1, 0.15) is 30.2 Å². The maximum Gasteiger partial charge on any atom is 0.257 e. The largest absolute Gasteiger partial charge is 0.368 e. The average Bonchev–Trinajstić information content (AvgIpc) is 3.10. The highest BCUT2D eigenvalue weighted by atomic mass is 16.2. The van der Waals surface area contributed by atoms with Crippen molar-refractivity contribution in [1.82, 2.24) is 32.1 Å². The second-order valence-electron chi connectivity index (χ2n) is 15.4. The molecular weight excluding hydrogens is 688 g/mol. The number of hydrogen-bond donors (Lipinski definition) is 8. The number of carbonyl (C=O) groups is 6. The minimum atomic E-state index is -1.10. The van der Waals surface area contributed by atoms with Crippen LogP contribution in [0.5, 0.6) is 0 Å². The summed E-state index contributed by atoms with van der Waals surface area (Å²) in [6, 6.07) is 12.4. The van der Waals surface area contributed by atoms with E-state index in [4.69, 9.17) is 11.5 Å². The fraction of sp³-hybridized carbons (Fsp3) is 0.550. The van der Waals surface area contributed by atoms with Crippen molar-refractivity contribution < 1.29 is 28.8 Å². The summed E-state index contributed by atoms with van der Waals surface area (Å²) < 4.78 is 0. The number of hydrazine groups is 1. The Bertz CT molecular complexity index is 1520. The Labute approximate surface area is 320 Å². The molecule has 0 spiro atoms. The lowest BCUT2D eigenvalue weighted by Crippen LogP contribution is -2.62. The van der Waals surface area contributed by atoms with Gasteiger partial charge in [-0.2, -0.15) is 0 Å². The molecule has 14 nitrogen and oxygen atoms in total. The first kappa shape index (κ1) is 45.3. The molecule has 0 fully saturated rings. The molecule has 10 N–H and O–H groups in total. The van der Waals surface area contributed by atoms with E-state index >= 15 is 0 Å². The van der Waals surface area contributed by atoms with E-state index in [0.717, 1.165) is 11.1 Å². The van der Waals surface area contributed by atoms with Gasteiger partial charge >= 0.3 is 0 Å². The van der Waals surface area contributed by atoms with Gasteiger partial charge in [0.25, 0.3) is 5.91 Å². The summed E-state index contributed by atoms with van der Waals surface area (Å²) >= 11 is 0. The standard InChI is InChI=1S/C40H62N8O6/c1-23(2)19-29(41)36(50)45-33(25(5)6)40(54)44-31(22-28-17-13-10-14-18-28)38(52)48-47-32(20-24(3)4)37(51)46-34(26(7)8)39(53)43-30(35(42)49)21-27-15-11-9-12-16-27/h9-18,23-26,29-34,47H,19-22,41H2,1-8H3,(H2,42,49)(H,43,53)(H,44,54)(H,45,50)(H,46,51)(H,48,52)/t29-,30-,31-,32-,33-,34-/m1/s1. The molecule has 6 atom stereocenters. The van der Waals surface area contributed by atoms with Gasteiger partial charge in [-0.05, 0) is 47.6 Å². The monoisotopic (exact) mass is 750 g/mol. The van der Waals surface area contributed by atoms with Gasteiger partial charge in [-0.15, -0.1) is 0 Å². The molecule has 14 heteroatoms. The molecule has 54 heavy (non-hydrogen) atoms. The molecule has 0 heterocycles. The van der Waals surface area contributed by atoms with Gasteiger partial charge in [0.15, 0.2) is 0 Å². The normalized spacial score (nSPS) is 14.8. The van der Waals surface area contributed by atoms with Crippen LogP contribution in [0.2, 0.25) is 0 Å². The molecule has 0 saturated carbocycles. The Morgan fingerprint density at radius 1 is 0.519 bits per heavy atom. The molecule has 0 aliphatic carbocycles. The smallest absolute Gasteiger partial charge is 0.257 e.